The first-order valence-electron chi connectivity index (χ1n) is 3.96. The lowest BCUT2D eigenvalue weighted by Crippen LogP contribution is -2.13. The van der Waals surface area contributed by atoms with Crippen LogP contribution in [0.4, 0.5) is 0 Å². The molecule has 0 amide bonds. The number of hydrogen-bond donors (Lipinski definition) is 1. The van der Waals surface area contributed by atoms with Crippen LogP contribution in [0.15, 0.2) is 21.5 Å². The van der Waals surface area contributed by atoms with Gasteiger partial charge in [-0.25, -0.2) is 0 Å². The van der Waals surface area contributed by atoms with Crippen LogP contribution in [0.3, 0.4) is 0 Å². The minimum absolute atomic E-state index is 0.0347. The molecule has 0 saturated carbocycles. The van der Waals surface area contributed by atoms with Gasteiger partial charge in [-0.15, -0.1) is 0 Å². The number of carboxylic acid groups (broad SMARTS) is 1. The Morgan fingerprint density at radius 2 is 2.29 bits per heavy atom. The third-order valence-electron chi connectivity index (χ3n) is 1.83. The third-order valence-corrected chi connectivity index (χ3v) is 1.83. The van der Waals surface area contributed by atoms with Crippen molar-refractivity contribution in [3.8, 4) is 5.75 Å². The minimum Gasteiger partial charge on any atom is -0.490 e. The molecule has 0 aliphatic heterocycles. The highest BCUT2D eigenvalue weighted by molar-refractivity contribution is 5.75. The van der Waals surface area contributed by atoms with Gasteiger partial charge in [-0.05, 0) is 6.92 Å². The number of aliphatic carboxylic acids is 1. The van der Waals surface area contributed by atoms with Crippen molar-refractivity contribution in [2.75, 3.05) is 7.11 Å². The van der Waals surface area contributed by atoms with Crippen LogP contribution in [-0.2, 0) is 4.79 Å². The van der Waals surface area contributed by atoms with Gasteiger partial charge in [-0.3, -0.25) is 9.59 Å². The summed E-state index contributed by atoms with van der Waals surface area (Å²) < 4.78 is 9.73. The maximum Gasteiger partial charge on any atom is 0.314 e. The van der Waals surface area contributed by atoms with E-state index < -0.39 is 11.9 Å². The van der Waals surface area contributed by atoms with Crippen molar-refractivity contribution in [2.45, 2.75) is 12.8 Å². The summed E-state index contributed by atoms with van der Waals surface area (Å²) >= 11 is 0. The molecule has 0 saturated heterocycles. The fourth-order valence-corrected chi connectivity index (χ4v) is 1.03. The first-order chi connectivity index (χ1) is 6.57. The first-order valence-corrected chi connectivity index (χ1v) is 3.96. The maximum atomic E-state index is 11.2. The molecule has 76 valence electrons. The summed E-state index contributed by atoms with van der Waals surface area (Å²) in [7, 11) is 1.30. The predicted octanol–water partition coefficient (Wildman–Crippen LogP) is 0.836. The summed E-state index contributed by atoms with van der Waals surface area (Å²) in [6.07, 6.45) is 1.15. The molecule has 1 aromatic rings. The second kappa shape index (κ2) is 3.95. The molecular weight excluding hydrogens is 188 g/mol. The zero-order chi connectivity index (χ0) is 10.7. The molecule has 0 bridgehead atoms. The molecule has 1 N–H and O–H groups in total. The van der Waals surface area contributed by atoms with Crippen molar-refractivity contribution in [1.29, 1.82) is 0 Å². The van der Waals surface area contributed by atoms with Gasteiger partial charge in [0, 0.05) is 6.07 Å². The van der Waals surface area contributed by atoms with Crippen molar-refractivity contribution in [3.05, 3.63) is 28.3 Å². The summed E-state index contributed by atoms with van der Waals surface area (Å²) in [4.78, 5) is 21.9. The van der Waals surface area contributed by atoms with E-state index in [-0.39, 0.29) is 16.9 Å². The van der Waals surface area contributed by atoms with Crippen LogP contribution < -0.4 is 10.2 Å². The largest absolute Gasteiger partial charge is 0.490 e. The quantitative estimate of drug-likeness (QED) is 0.778. The van der Waals surface area contributed by atoms with E-state index in [1.807, 2.05) is 0 Å². The fourth-order valence-electron chi connectivity index (χ4n) is 1.03. The van der Waals surface area contributed by atoms with Crippen molar-refractivity contribution in [2.24, 2.45) is 0 Å². The van der Waals surface area contributed by atoms with Gasteiger partial charge in [0.25, 0.3) is 0 Å². The SMILES string of the molecule is COc1c(C(C)C(=O)O)occc1=O. The van der Waals surface area contributed by atoms with Crippen molar-refractivity contribution >= 4 is 5.97 Å². The Labute approximate surface area is 79.9 Å². The second-order valence-corrected chi connectivity index (χ2v) is 2.74. The highest BCUT2D eigenvalue weighted by atomic mass is 16.5. The van der Waals surface area contributed by atoms with Crippen LogP contribution in [0.1, 0.15) is 18.6 Å². The molecule has 1 aromatic heterocycles. The lowest BCUT2D eigenvalue weighted by Gasteiger charge is -2.08. The normalized spacial score (nSPS) is 12.1. The van der Waals surface area contributed by atoms with E-state index in [4.69, 9.17) is 14.3 Å². The Morgan fingerprint density at radius 1 is 1.64 bits per heavy atom. The number of carbonyl (C=O) groups is 1. The Hall–Kier alpha value is -1.78. The van der Waals surface area contributed by atoms with Gasteiger partial charge >= 0.3 is 5.97 Å². The molecule has 0 spiro atoms. The maximum absolute atomic E-state index is 11.2. The number of methoxy groups -OCH3 is 1. The molecule has 5 nitrogen and oxygen atoms in total. The molecule has 5 heteroatoms. The van der Waals surface area contributed by atoms with Crippen LogP contribution in [0.5, 0.6) is 5.75 Å². The number of hydrogen-bond acceptors (Lipinski definition) is 4. The van der Waals surface area contributed by atoms with E-state index in [1.54, 1.807) is 0 Å². The lowest BCUT2D eigenvalue weighted by molar-refractivity contribution is -0.138. The second-order valence-electron chi connectivity index (χ2n) is 2.74. The molecule has 0 radical (unpaired) electrons. The highest BCUT2D eigenvalue weighted by Gasteiger charge is 2.22. The van der Waals surface area contributed by atoms with Crippen molar-refractivity contribution < 1.29 is 19.1 Å². The van der Waals surface area contributed by atoms with Gasteiger partial charge in [0.15, 0.2) is 5.76 Å². The van der Waals surface area contributed by atoms with E-state index in [2.05, 4.69) is 0 Å². The molecule has 0 fully saturated rings. The minimum atomic E-state index is -1.07. The third kappa shape index (κ3) is 1.76. The molecule has 1 rings (SSSR count). The zero-order valence-corrected chi connectivity index (χ0v) is 7.81. The molecule has 14 heavy (non-hydrogen) atoms. The van der Waals surface area contributed by atoms with Crippen LogP contribution in [0, 0.1) is 0 Å². The molecule has 0 aliphatic carbocycles. The molecular formula is C9H10O5. The van der Waals surface area contributed by atoms with Gasteiger partial charge < -0.3 is 14.3 Å². The monoisotopic (exact) mass is 198 g/mol. The van der Waals surface area contributed by atoms with E-state index in [1.165, 1.54) is 20.1 Å². The summed E-state index contributed by atoms with van der Waals surface area (Å²) in [5, 5.41) is 8.73. The Morgan fingerprint density at radius 3 is 2.79 bits per heavy atom. The molecule has 1 unspecified atom stereocenters. The Bertz CT molecular complexity index is 392. The standard InChI is InChI=1S/C9H10O5/c1-5(9(11)12)7-8(13-2)6(10)3-4-14-7/h3-5H,1-2H3,(H,11,12). The molecule has 0 aliphatic rings. The van der Waals surface area contributed by atoms with Crippen LogP contribution in [-0.4, -0.2) is 18.2 Å². The van der Waals surface area contributed by atoms with E-state index >= 15 is 0 Å². The lowest BCUT2D eigenvalue weighted by atomic mass is 10.1. The summed E-state index contributed by atoms with van der Waals surface area (Å²) in [5.41, 5.74) is -0.387. The van der Waals surface area contributed by atoms with E-state index in [0.717, 1.165) is 6.26 Å². The average Bonchev–Trinajstić information content (AvgIpc) is 2.16. The Kier molecular flexibility index (Phi) is 2.91. The predicted molar refractivity (Wildman–Crippen MR) is 47.6 cm³/mol. The van der Waals surface area contributed by atoms with Crippen LogP contribution >= 0.6 is 0 Å². The molecule has 1 atom stereocenters. The zero-order valence-electron chi connectivity index (χ0n) is 7.81. The Balaban J connectivity index is 3.27. The van der Waals surface area contributed by atoms with Gasteiger partial charge in [-0.1, -0.05) is 0 Å². The molecule has 0 aromatic carbocycles. The molecule has 1 heterocycles. The number of ether oxygens (including phenoxy) is 1. The van der Waals surface area contributed by atoms with Gasteiger partial charge in [-0.2, -0.15) is 0 Å². The summed E-state index contributed by atoms with van der Waals surface area (Å²) in [5.74, 6) is -1.99. The number of rotatable bonds is 3. The summed E-state index contributed by atoms with van der Waals surface area (Å²) in [6.45, 7) is 1.42. The smallest absolute Gasteiger partial charge is 0.314 e. The van der Waals surface area contributed by atoms with Gasteiger partial charge in [0.1, 0.15) is 5.92 Å². The van der Waals surface area contributed by atoms with Crippen molar-refractivity contribution in [3.63, 3.8) is 0 Å². The average molecular weight is 198 g/mol. The number of carboxylic acids is 1. The highest BCUT2D eigenvalue weighted by Crippen LogP contribution is 2.22. The topological polar surface area (TPSA) is 76.7 Å². The van der Waals surface area contributed by atoms with Gasteiger partial charge in [0.05, 0.1) is 13.4 Å². The van der Waals surface area contributed by atoms with E-state index in [9.17, 15) is 9.59 Å². The first kappa shape index (κ1) is 10.3. The van der Waals surface area contributed by atoms with Gasteiger partial charge in [0.2, 0.25) is 11.2 Å². The van der Waals surface area contributed by atoms with Crippen molar-refractivity contribution in [1.82, 2.24) is 0 Å². The van der Waals surface area contributed by atoms with Crippen LogP contribution in [0.2, 0.25) is 0 Å². The summed E-state index contributed by atoms with van der Waals surface area (Å²) in [6, 6.07) is 1.18. The fraction of sp³-hybridized carbons (Fsp3) is 0.333. The van der Waals surface area contributed by atoms with E-state index in [0.29, 0.717) is 0 Å². The van der Waals surface area contributed by atoms with Crippen LogP contribution in [0.25, 0.3) is 0 Å².